The van der Waals surface area contributed by atoms with Crippen LogP contribution in [-0.2, 0) is 35.4 Å². The van der Waals surface area contributed by atoms with E-state index < -0.39 is 5.97 Å². The van der Waals surface area contributed by atoms with Crippen molar-refractivity contribution in [2.45, 2.75) is 51.9 Å². The van der Waals surface area contributed by atoms with E-state index in [9.17, 15) is 4.79 Å². The third-order valence-corrected chi connectivity index (χ3v) is 6.90. The highest BCUT2D eigenvalue weighted by atomic mass is 17.2. The maximum atomic E-state index is 11.2. The third kappa shape index (κ3) is 5.20. The van der Waals surface area contributed by atoms with Crippen LogP contribution in [0.2, 0.25) is 0 Å². The fourth-order valence-electron chi connectivity index (χ4n) is 5.21. The van der Waals surface area contributed by atoms with Crippen molar-refractivity contribution in [2.75, 3.05) is 0 Å². The highest BCUT2D eigenvalue weighted by molar-refractivity contribution is 5.65. The van der Waals surface area contributed by atoms with Crippen molar-refractivity contribution in [2.24, 2.45) is 5.92 Å². The number of hydrogen-bond acceptors (Lipinski definition) is 5. The van der Waals surface area contributed by atoms with Crippen LogP contribution < -0.4 is 4.89 Å². The van der Waals surface area contributed by atoms with Crippen LogP contribution in [0.5, 0.6) is 5.75 Å². The number of aromatic nitrogens is 1. The number of aryl methyl sites for hydroxylation is 1. The van der Waals surface area contributed by atoms with E-state index >= 15 is 0 Å². The molecule has 184 valence electrons. The normalized spacial score (nSPS) is 14.9. The van der Waals surface area contributed by atoms with Crippen molar-refractivity contribution in [3.63, 3.8) is 0 Å². The Morgan fingerprint density at radius 2 is 1.69 bits per heavy atom. The Labute approximate surface area is 212 Å². The van der Waals surface area contributed by atoms with E-state index in [1.54, 1.807) is 0 Å². The number of carbonyl (C=O) groups is 1. The van der Waals surface area contributed by atoms with E-state index in [0.29, 0.717) is 11.7 Å². The predicted octanol–water partition coefficient (Wildman–Crippen LogP) is 6.62. The molecule has 0 N–H and O–H groups in total. The van der Waals surface area contributed by atoms with Crippen molar-refractivity contribution in [3.05, 3.63) is 118 Å². The first-order valence-corrected chi connectivity index (χ1v) is 12.7. The first-order valence-electron chi connectivity index (χ1n) is 12.7. The van der Waals surface area contributed by atoms with Crippen LogP contribution in [0.1, 0.15) is 65.8 Å². The fraction of sp³-hybridized carbons (Fsp3) is 0.290. The van der Waals surface area contributed by atoms with E-state index in [1.165, 1.54) is 23.6 Å². The van der Waals surface area contributed by atoms with E-state index in [-0.39, 0.29) is 5.92 Å². The zero-order valence-electron chi connectivity index (χ0n) is 20.8. The molecule has 0 spiro atoms. The van der Waals surface area contributed by atoms with Crippen molar-refractivity contribution in [1.82, 2.24) is 4.98 Å². The molecule has 3 aromatic carbocycles. The average molecular weight is 482 g/mol. The van der Waals surface area contributed by atoms with Gasteiger partial charge in [-0.25, -0.2) is 9.78 Å². The summed E-state index contributed by atoms with van der Waals surface area (Å²) >= 11 is 0. The van der Waals surface area contributed by atoms with E-state index in [1.807, 2.05) is 24.3 Å². The lowest BCUT2D eigenvalue weighted by Crippen LogP contribution is -2.18. The minimum absolute atomic E-state index is 0.0421. The molecule has 0 aliphatic heterocycles. The number of hydrogen-bond donors (Lipinski definition) is 0. The summed E-state index contributed by atoms with van der Waals surface area (Å²) in [6.45, 7) is 3.46. The molecule has 1 unspecified atom stereocenters. The van der Waals surface area contributed by atoms with Gasteiger partial charge in [0.1, 0.15) is 5.76 Å². The molecule has 0 bridgehead atoms. The zero-order chi connectivity index (χ0) is 24.9. The van der Waals surface area contributed by atoms with Crippen LogP contribution >= 0.6 is 0 Å². The van der Waals surface area contributed by atoms with Gasteiger partial charge in [0, 0.05) is 18.9 Å². The summed E-state index contributed by atoms with van der Waals surface area (Å²) in [5.41, 5.74) is 5.77. The van der Waals surface area contributed by atoms with Gasteiger partial charge in [0.15, 0.2) is 5.75 Å². The molecule has 0 fully saturated rings. The number of carbonyl (C=O) groups excluding carboxylic acids is 1. The summed E-state index contributed by atoms with van der Waals surface area (Å²) in [6.07, 6.45) is 4.50. The van der Waals surface area contributed by atoms with Gasteiger partial charge in [0.05, 0.1) is 11.6 Å². The Morgan fingerprint density at radius 1 is 1.00 bits per heavy atom. The molecule has 0 amide bonds. The highest BCUT2D eigenvalue weighted by Gasteiger charge is 2.27. The van der Waals surface area contributed by atoms with Gasteiger partial charge in [-0.05, 0) is 54.4 Å². The van der Waals surface area contributed by atoms with Gasteiger partial charge in [0.25, 0.3) is 0 Å². The van der Waals surface area contributed by atoms with Gasteiger partial charge < -0.3 is 4.42 Å². The molecular weight excluding hydrogens is 450 g/mol. The minimum Gasteiger partial charge on any atom is -0.444 e. The molecule has 1 aliphatic carbocycles. The summed E-state index contributed by atoms with van der Waals surface area (Å²) < 4.78 is 6.44. The van der Waals surface area contributed by atoms with Gasteiger partial charge in [-0.1, -0.05) is 79.7 Å². The Hall–Kier alpha value is -3.86. The smallest absolute Gasteiger partial charge is 0.352 e. The van der Waals surface area contributed by atoms with Gasteiger partial charge in [-0.3, -0.25) is 9.78 Å². The molecule has 1 atom stereocenters. The minimum atomic E-state index is -0.459. The highest BCUT2D eigenvalue weighted by Crippen LogP contribution is 2.36. The van der Waals surface area contributed by atoms with Gasteiger partial charge in [-0.15, -0.1) is 0 Å². The number of nitrogens with zero attached hydrogens (tertiary/aromatic N) is 1. The van der Waals surface area contributed by atoms with Crippen LogP contribution in [0, 0.1) is 5.92 Å². The predicted molar refractivity (Wildman–Crippen MR) is 138 cm³/mol. The molecule has 5 heteroatoms. The topological polar surface area (TPSA) is 61.6 Å². The van der Waals surface area contributed by atoms with E-state index in [2.05, 4.69) is 61.5 Å². The van der Waals surface area contributed by atoms with Gasteiger partial charge in [-0.2, -0.15) is 0 Å². The summed E-state index contributed by atoms with van der Waals surface area (Å²) in [6, 6.07) is 26.8. The van der Waals surface area contributed by atoms with Crippen LogP contribution in [0.15, 0.2) is 83.3 Å². The zero-order valence-corrected chi connectivity index (χ0v) is 20.8. The second kappa shape index (κ2) is 10.8. The standard InChI is InChI=1S/C31H31NO4/c1-3-28-27(20-22-17-18-26-25(19-22)15-10-16-29(26)36-35-21(2)33)32-31(34-28)30(23-11-6-4-7-12-23)24-13-8-5-9-14-24/h4-16,22,30H,3,17-20H2,1-2H3. The molecule has 0 saturated heterocycles. The number of rotatable bonds is 8. The maximum Gasteiger partial charge on any atom is 0.352 e. The van der Waals surface area contributed by atoms with Crippen LogP contribution in [0.4, 0.5) is 0 Å². The molecule has 1 aromatic heterocycles. The molecule has 1 aliphatic rings. The monoisotopic (exact) mass is 481 g/mol. The Kier molecular flexibility index (Phi) is 7.17. The molecule has 1 heterocycles. The summed E-state index contributed by atoms with van der Waals surface area (Å²) in [5, 5.41) is 0. The lowest BCUT2D eigenvalue weighted by Gasteiger charge is -2.25. The van der Waals surface area contributed by atoms with Gasteiger partial charge >= 0.3 is 5.97 Å². The first-order chi connectivity index (χ1) is 17.6. The number of oxazole rings is 1. The first kappa shape index (κ1) is 23.9. The Morgan fingerprint density at radius 3 is 2.33 bits per heavy atom. The van der Waals surface area contributed by atoms with Crippen molar-refractivity contribution < 1.29 is 19.0 Å². The SMILES string of the molecule is CCc1oc(C(c2ccccc2)c2ccccc2)nc1CC1CCc2c(cccc2OOC(C)=O)C1. The Bertz CT molecular complexity index is 1270. The molecule has 5 rings (SSSR count). The van der Waals surface area contributed by atoms with Crippen molar-refractivity contribution >= 4 is 5.97 Å². The van der Waals surface area contributed by atoms with Crippen molar-refractivity contribution in [3.8, 4) is 5.75 Å². The van der Waals surface area contributed by atoms with Crippen LogP contribution in [0.25, 0.3) is 0 Å². The van der Waals surface area contributed by atoms with Gasteiger partial charge in [0.2, 0.25) is 5.89 Å². The average Bonchev–Trinajstić information content (AvgIpc) is 3.30. The van der Waals surface area contributed by atoms with E-state index in [4.69, 9.17) is 19.2 Å². The van der Waals surface area contributed by atoms with E-state index in [0.717, 1.165) is 55.0 Å². The lowest BCUT2D eigenvalue weighted by molar-refractivity contribution is -0.211. The molecule has 4 aromatic rings. The maximum absolute atomic E-state index is 11.2. The van der Waals surface area contributed by atoms with Crippen LogP contribution in [0.3, 0.4) is 0 Å². The molecule has 0 saturated carbocycles. The third-order valence-electron chi connectivity index (χ3n) is 6.90. The molecule has 5 nitrogen and oxygen atoms in total. The second-order valence-electron chi connectivity index (χ2n) is 9.39. The molecule has 36 heavy (non-hydrogen) atoms. The quantitative estimate of drug-likeness (QED) is 0.209. The Balaban J connectivity index is 1.39. The molecular formula is C31H31NO4. The largest absolute Gasteiger partial charge is 0.444 e. The number of fused-ring (bicyclic) bond motifs is 1. The number of benzene rings is 3. The summed E-state index contributed by atoms with van der Waals surface area (Å²) in [5.74, 6) is 2.32. The second-order valence-corrected chi connectivity index (χ2v) is 9.39. The fourth-order valence-corrected chi connectivity index (χ4v) is 5.21. The lowest BCUT2D eigenvalue weighted by atomic mass is 9.81. The molecule has 0 radical (unpaired) electrons. The summed E-state index contributed by atoms with van der Waals surface area (Å²) in [4.78, 5) is 26.3. The van der Waals surface area contributed by atoms with Crippen molar-refractivity contribution in [1.29, 1.82) is 0 Å². The summed E-state index contributed by atoms with van der Waals surface area (Å²) in [7, 11) is 0. The van der Waals surface area contributed by atoms with Crippen LogP contribution in [-0.4, -0.2) is 11.0 Å².